The van der Waals surface area contributed by atoms with Gasteiger partial charge in [-0.2, -0.15) is 4.68 Å². The Hall–Kier alpha value is -2.96. The third-order valence-corrected chi connectivity index (χ3v) is 7.46. The van der Waals surface area contributed by atoms with E-state index in [1.165, 1.54) is 19.3 Å². The van der Waals surface area contributed by atoms with Gasteiger partial charge in [0.15, 0.2) is 0 Å². The first-order valence-corrected chi connectivity index (χ1v) is 12.9. The zero-order valence-corrected chi connectivity index (χ0v) is 20.3. The van der Waals surface area contributed by atoms with Gasteiger partial charge < -0.3 is 34.5 Å². The Balaban J connectivity index is 1.09. The van der Waals surface area contributed by atoms with E-state index < -0.39 is 0 Å². The quantitative estimate of drug-likeness (QED) is 0.610. The van der Waals surface area contributed by atoms with Gasteiger partial charge in [0.1, 0.15) is 24.0 Å². The minimum atomic E-state index is -0.282. The van der Waals surface area contributed by atoms with Crippen LogP contribution >= 0.6 is 0 Å². The molecule has 3 saturated heterocycles. The predicted molar refractivity (Wildman–Crippen MR) is 128 cm³/mol. The van der Waals surface area contributed by atoms with Crippen molar-refractivity contribution in [2.45, 2.75) is 62.4 Å². The molecule has 3 aliphatic heterocycles. The Morgan fingerprint density at radius 2 is 1.86 bits per heavy atom. The molecule has 2 aromatic rings. The summed E-state index contributed by atoms with van der Waals surface area (Å²) in [6, 6.07) is 7.76. The SMILES string of the molecule is O=C(NC1CCCCC1)N[C@H]1CO[C@H]2[C@H]1OC[C@H]2n1nnnc1Oc1cccc(N2CCOCC2)c1. The van der Waals surface area contributed by atoms with Crippen molar-refractivity contribution in [2.75, 3.05) is 44.4 Å². The van der Waals surface area contributed by atoms with Crippen molar-refractivity contribution in [3.8, 4) is 11.8 Å². The monoisotopic (exact) mass is 499 g/mol. The van der Waals surface area contributed by atoms with Crippen molar-refractivity contribution in [1.29, 1.82) is 0 Å². The number of nitrogens with zero attached hydrogens (tertiary/aromatic N) is 5. The summed E-state index contributed by atoms with van der Waals surface area (Å²) in [5.74, 6) is 0.650. The van der Waals surface area contributed by atoms with Crippen molar-refractivity contribution in [3.05, 3.63) is 24.3 Å². The number of carbonyl (C=O) groups is 1. The number of ether oxygens (including phenoxy) is 4. The van der Waals surface area contributed by atoms with Crippen LogP contribution in [0.15, 0.2) is 24.3 Å². The lowest BCUT2D eigenvalue weighted by Crippen LogP contribution is -2.50. The van der Waals surface area contributed by atoms with Crippen molar-refractivity contribution >= 4 is 11.7 Å². The molecule has 12 heteroatoms. The summed E-state index contributed by atoms with van der Waals surface area (Å²) >= 11 is 0. The van der Waals surface area contributed by atoms with E-state index in [2.05, 4.69) is 37.1 Å². The molecule has 4 aliphatic rings. The number of anilines is 1. The van der Waals surface area contributed by atoms with Crippen molar-refractivity contribution in [2.24, 2.45) is 0 Å². The molecule has 2 amide bonds. The Labute approximate surface area is 209 Å². The molecule has 1 aromatic carbocycles. The lowest BCUT2D eigenvalue weighted by Gasteiger charge is -2.29. The Kier molecular flexibility index (Phi) is 6.88. The molecule has 4 heterocycles. The molecular formula is C24H33N7O5. The van der Waals surface area contributed by atoms with E-state index in [9.17, 15) is 4.79 Å². The van der Waals surface area contributed by atoms with Crippen molar-refractivity contribution in [1.82, 2.24) is 30.8 Å². The van der Waals surface area contributed by atoms with Crippen LogP contribution < -0.4 is 20.3 Å². The number of aromatic nitrogens is 4. The van der Waals surface area contributed by atoms with Crippen LogP contribution in [-0.2, 0) is 14.2 Å². The van der Waals surface area contributed by atoms with Gasteiger partial charge in [-0.15, -0.1) is 0 Å². The highest BCUT2D eigenvalue weighted by molar-refractivity contribution is 5.74. The molecular weight excluding hydrogens is 466 g/mol. The number of morpholine rings is 1. The minimum absolute atomic E-state index is 0.158. The van der Waals surface area contributed by atoms with Gasteiger partial charge in [-0.1, -0.05) is 30.4 Å². The summed E-state index contributed by atoms with van der Waals surface area (Å²) in [6.07, 6.45) is 5.11. The standard InChI is InChI=1S/C24H33N7O5/c32-23(25-16-5-2-1-3-6-16)26-19-14-34-22-20(15-35-21(19)22)31-24(27-28-29-31)36-18-8-4-7-17(13-18)30-9-11-33-12-10-30/h4,7-8,13,16,19-22H,1-3,5-6,9-12,14-15H2,(H2,25,26,32)/t19-,20+,21-,22+/m0/s1. The van der Waals surface area contributed by atoms with Gasteiger partial charge in [0.25, 0.3) is 0 Å². The molecule has 1 aliphatic carbocycles. The highest BCUT2D eigenvalue weighted by Crippen LogP contribution is 2.36. The van der Waals surface area contributed by atoms with Crippen LogP contribution in [0.25, 0.3) is 0 Å². The zero-order chi connectivity index (χ0) is 24.3. The van der Waals surface area contributed by atoms with Crippen LogP contribution in [0.3, 0.4) is 0 Å². The van der Waals surface area contributed by atoms with Gasteiger partial charge in [0.2, 0.25) is 0 Å². The van der Waals surface area contributed by atoms with Crippen LogP contribution in [0.2, 0.25) is 0 Å². The first kappa shape index (κ1) is 23.4. The molecule has 1 aromatic heterocycles. The molecule has 0 spiro atoms. The van der Waals surface area contributed by atoms with E-state index in [0.29, 0.717) is 32.2 Å². The number of benzene rings is 1. The van der Waals surface area contributed by atoms with Gasteiger partial charge in [-0.3, -0.25) is 0 Å². The second-order valence-corrected chi connectivity index (χ2v) is 9.83. The number of hydrogen-bond acceptors (Lipinski definition) is 9. The number of tetrazole rings is 1. The molecule has 6 rings (SSSR count). The van der Waals surface area contributed by atoms with E-state index in [0.717, 1.165) is 31.6 Å². The van der Waals surface area contributed by atoms with Crippen LogP contribution in [-0.4, -0.2) is 90.0 Å². The number of fused-ring (bicyclic) bond motifs is 1. The number of hydrogen-bond donors (Lipinski definition) is 2. The molecule has 4 atom stereocenters. The second kappa shape index (κ2) is 10.6. The lowest BCUT2D eigenvalue weighted by atomic mass is 9.96. The largest absolute Gasteiger partial charge is 0.423 e. The minimum Gasteiger partial charge on any atom is -0.423 e. The predicted octanol–water partition coefficient (Wildman–Crippen LogP) is 1.64. The van der Waals surface area contributed by atoms with Crippen LogP contribution in [0.1, 0.15) is 38.1 Å². The third kappa shape index (κ3) is 4.97. The summed E-state index contributed by atoms with van der Waals surface area (Å²) in [5, 5.41) is 18.3. The zero-order valence-electron chi connectivity index (χ0n) is 20.3. The topological polar surface area (TPSA) is 125 Å². The number of rotatable bonds is 6. The van der Waals surface area contributed by atoms with Gasteiger partial charge in [0, 0.05) is 30.9 Å². The van der Waals surface area contributed by atoms with Gasteiger partial charge in [-0.05, 0) is 35.4 Å². The Morgan fingerprint density at radius 3 is 2.72 bits per heavy atom. The normalized spacial score (nSPS) is 28.6. The molecule has 12 nitrogen and oxygen atoms in total. The van der Waals surface area contributed by atoms with E-state index in [1.807, 2.05) is 18.2 Å². The first-order chi connectivity index (χ1) is 17.7. The summed E-state index contributed by atoms with van der Waals surface area (Å²) in [4.78, 5) is 14.8. The second-order valence-electron chi connectivity index (χ2n) is 9.83. The van der Waals surface area contributed by atoms with Crippen LogP contribution in [0.4, 0.5) is 10.5 Å². The third-order valence-electron chi connectivity index (χ3n) is 7.46. The maximum absolute atomic E-state index is 12.6. The van der Waals surface area contributed by atoms with Gasteiger partial charge in [0.05, 0.1) is 32.5 Å². The average Bonchev–Trinajstić information content (AvgIpc) is 3.63. The number of amides is 2. The fourth-order valence-corrected chi connectivity index (χ4v) is 5.59. The van der Waals surface area contributed by atoms with Crippen LogP contribution in [0, 0.1) is 0 Å². The fraction of sp³-hybridized carbons (Fsp3) is 0.667. The summed E-state index contributed by atoms with van der Waals surface area (Å²) in [5.41, 5.74) is 1.07. The summed E-state index contributed by atoms with van der Waals surface area (Å²) in [6.45, 7) is 3.86. The maximum atomic E-state index is 12.6. The smallest absolute Gasteiger partial charge is 0.341 e. The van der Waals surface area contributed by atoms with Crippen LogP contribution in [0.5, 0.6) is 11.8 Å². The fourth-order valence-electron chi connectivity index (χ4n) is 5.59. The highest BCUT2D eigenvalue weighted by Gasteiger charge is 2.50. The molecule has 0 unspecified atom stereocenters. The van der Waals surface area contributed by atoms with Crippen molar-refractivity contribution < 1.29 is 23.7 Å². The molecule has 1 saturated carbocycles. The van der Waals surface area contributed by atoms with E-state index in [-0.39, 0.29) is 42.4 Å². The summed E-state index contributed by atoms with van der Waals surface area (Å²) < 4.78 is 25.3. The number of carbonyl (C=O) groups excluding carboxylic acids is 1. The average molecular weight is 500 g/mol. The Bertz CT molecular complexity index is 1040. The van der Waals surface area contributed by atoms with E-state index >= 15 is 0 Å². The molecule has 0 bridgehead atoms. The number of urea groups is 1. The van der Waals surface area contributed by atoms with E-state index in [4.69, 9.17) is 18.9 Å². The molecule has 4 fully saturated rings. The van der Waals surface area contributed by atoms with Gasteiger partial charge in [-0.25, -0.2) is 4.79 Å². The maximum Gasteiger partial charge on any atom is 0.341 e. The summed E-state index contributed by atoms with van der Waals surface area (Å²) in [7, 11) is 0. The first-order valence-electron chi connectivity index (χ1n) is 12.9. The Morgan fingerprint density at radius 1 is 1.03 bits per heavy atom. The highest BCUT2D eigenvalue weighted by atomic mass is 16.6. The molecule has 0 radical (unpaired) electrons. The lowest BCUT2D eigenvalue weighted by molar-refractivity contribution is 0.0613. The van der Waals surface area contributed by atoms with Gasteiger partial charge >= 0.3 is 12.0 Å². The van der Waals surface area contributed by atoms with Crippen molar-refractivity contribution in [3.63, 3.8) is 0 Å². The molecule has 194 valence electrons. The molecule has 2 N–H and O–H groups in total. The molecule has 36 heavy (non-hydrogen) atoms. The number of nitrogens with one attached hydrogen (secondary N) is 2. The van der Waals surface area contributed by atoms with E-state index in [1.54, 1.807) is 4.68 Å².